The van der Waals surface area contributed by atoms with Crippen molar-refractivity contribution < 1.29 is 9.21 Å². The van der Waals surface area contributed by atoms with Gasteiger partial charge in [-0.3, -0.25) is 4.79 Å². The fourth-order valence-electron chi connectivity index (χ4n) is 3.86. The molecule has 0 unspecified atom stereocenters. The summed E-state index contributed by atoms with van der Waals surface area (Å²) in [5, 5.41) is 4.16. The van der Waals surface area contributed by atoms with E-state index in [2.05, 4.69) is 5.32 Å². The van der Waals surface area contributed by atoms with Crippen molar-refractivity contribution >= 4 is 16.9 Å². The Hall–Kier alpha value is -2.14. The van der Waals surface area contributed by atoms with Gasteiger partial charge in [0.25, 0.3) is 5.91 Å². The molecule has 1 N–H and O–H groups in total. The molecule has 2 fully saturated rings. The number of hydrogen-bond donors (Lipinski definition) is 1. The number of rotatable bonds is 1. The maximum Gasteiger partial charge on any atom is 0.349 e. The van der Waals surface area contributed by atoms with Crippen LogP contribution in [-0.2, 0) is 0 Å². The Labute approximate surface area is 134 Å². The summed E-state index contributed by atoms with van der Waals surface area (Å²) < 4.78 is 5.30. The van der Waals surface area contributed by atoms with Crippen LogP contribution in [0.5, 0.6) is 0 Å². The summed E-state index contributed by atoms with van der Waals surface area (Å²) >= 11 is 0. The van der Waals surface area contributed by atoms with E-state index >= 15 is 0 Å². The largest absolute Gasteiger partial charge is 0.422 e. The van der Waals surface area contributed by atoms with Gasteiger partial charge in [0.1, 0.15) is 11.1 Å². The Bertz CT molecular complexity index is 805. The smallest absolute Gasteiger partial charge is 0.349 e. The zero-order valence-electron chi connectivity index (χ0n) is 13.0. The normalized spacial score (nSPS) is 20.3. The van der Waals surface area contributed by atoms with E-state index in [1.807, 2.05) is 23.1 Å². The van der Waals surface area contributed by atoms with Gasteiger partial charge < -0.3 is 14.6 Å². The molecule has 2 aliphatic rings. The van der Waals surface area contributed by atoms with Crippen molar-refractivity contribution in [3.8, 4) is 0 Å². The van der Waals surface area contributed by atoms with Crippen molar-refractivity contribution in [1.82, 2.24) is 10.2 Å². The first-order chi connectivity index (χ1) is 11.2. The van der Waals surface area contributed by atoms with Crippen molar-refractivity contribution in [1.29, 1.82) is 0 Å². The molecule has 5 heteroatoms. The molecular weight excluding hydrogens is 292 g/mol. The Morgan fingerprint density at radius 3 is 2.78 bits per heavy atom. The highest BCUT2D eigenvalue weighted by Crippen LogP contribution is 2.38. The maximum absolute atomic E-state index is 12.8. The average Bonchev–Trinajstić information content (AvgIpc) is 2.98. The molecule has 0 atom stereocenters. The number of piperidine rings is 1. The number of nitrogens with zero attached hydrogens (tertiary/aromatic N) is 1. The van der Waals surface area contributed by atoms with Gasteiger partial charge >= 0.3 is 5.63 Å². The van der Waals surface area contributed by atoms with E-state index in [1.165, 1.54) is 0 Å². The van der Waals surface area contributed by atoms with Crippen LogP contribution in [0.4, 0.5) is 0 Å². The highest BCUT2D eigenvalue weighted by atomic mass is 16.4. The first kappa shape index (κ1) is 14.5. The summed E-state index contributed by atoms with van der Waals surface area (Å²) in [6, 6.07) is 8.94. The second-order valence-electron chi connectivity index (χ2n) is 6.71. The SMILES string of the molecule is O=C(c1cc2ccccc2oc1=O)N1CCC2(CCNCC2)C1. The molecule has 0 bridgehead atoms. The van der Waals surface area contributed by atoms with Gasteiger partial charge in [0.05, 0.1) is 0 Å². The summed E-state index contributed by atoms with van der Waals surface area (Å²) in [5.74, 6) is -0.195. The summed E-state index contributed by atoms with van der Waals surface area (Å²) in [7, 11) is 0. The fraction of sp³-hybridized carbons (Fsp3) is 0.444. The van der Waals surface area contributed by atoms with E-state index in [0.717, 1.165) is 50.8 Å². The number of hydrogen-bond acceptors (Lipinski definition) is 4. The molecule has 1 aromatic heterocycles. The second kappa shape index (κ2) is 5.49. The molecule has 2 aromatic rings. The van der Waals surface area contributed by atoms with Gasteiger partial charge in [-0.05, 0) is 49.9 Å². The van der Waals surface area contributed by atoms with Crippen molar-refractivity contribution in [2.24, 2.45) is 5.41 Å². The van der Waals surface area contributed by atoms with E-state index in [0.29, 0.717) is 5.58 Å². The van der Waals surface area contributed by atoms with E-state index in [4.69, 9.17) is 4.42 Å². The van der Waals surface area contributed by atoms with Gasteiger partial charge in [0, 0.05) is 18.5 Å². The van der Waals surface area contributed by atoms with Crippen molar-refractivity contribution in [3.05, 3.63) is 46.3 Å². The lowest BCUT2D eigenvalue weighted by atomic mass is 9.78. The predicted octanol–water partition coefficient (Wildman–Crippen LogP) is 2.01. The average molecular weight is 312 g/mol. The van der Waals surface area contributed by atoms with Crippen LogP contribution < -0.4 is 10.9 Å². The molecule has 2 aliphatic heterocycles. The third kappa shape index (κ3) is 2.55. The predicted molar refractivity (Wildman–Crippen MR) is 87.5 cm³/mol. The van der Waals surface area contributed by atoms with Gasteiger partial charge in [-0.1, -0.05) is 18.2 Å². The van der Waals surface area contributed by atoms with E-state index < -0.39 is 5.63 Å². The highest BCUT2D eigenvalue weighted by Gasteiger charge is 2.41. The summed E-state index contributed by atoms with van der Waals surface area (Å²) in [6.45, 7) is 3.51. The number of para-hydroxylation sites is 1. The number of amides is 1. The number of benzene rings is 1. The molecule has 3 heterocycles. The van der Waals surface area contributed by atoms with Crippen molar-refractivity contribution in [3.63, 3.8) is 0 Å². The summed E-state index contributed by atoms with van der Waals surface area (Å²) in [5.41, 5.74) is 0.359. The number of nitrogens with one attached hydrogen (secondary N) is 1. The molecule has 1 amide bonds. The van der Waals surface area contributed by atoms with Crippen LogP contribution in [0, 0.1) is 5.41 Å². The Morgan fingerprint density at radius 2 is 1.96 bits per heavy atom. The lowest BCUT2D eigenvalue weighted by Crippen LogP contribution is -2.40. The molecule has 0 aliphatic carbocycles. The molecule has 0 radical (unpaired) electrons. The lowest BCUT2D eigenvalue weighted by molar-refractivity contribution is 0.0758. The fourth-order valence-corrected chi connectivity index (χ4v) is 3.86. The number of carbonyl (C=O) groups is 1. The number of likely N-dealkylation sites (tertiary alicyclic amines) is 1. The van der Waals surface area contributed by atoms with Crippen LogP contribution in [0.1, 0.15) is 29.6 Å². The van der Waals surface area contributed by atoms with E-state index in [-0.39, 0.29) is 16.9 Å². The van der Waals surface area contributed by atoms with Gasteiger partial charge in [-0.15, -0.1) is 0 Å². The highest BCUT2D eigenvalue weighted by molar-refractivity contribution is 5.96. The van der Waals surface area contributed by atoms with Crippen LogP contribution in [0.25, 0.3) is 11.0 Å². The van der Waals surface area contributed by atoms with Crippen LogP contribution in [0.3, 0.4) is 0 Å². The van der Waals surface area contributed by atoms with Gasteiger partial charge in [-0.2, -0.15) is 0 Å². The minimum atomic E-state index is -0.542. The first-order valence-electron chi connectivity index (χ1n) is 8.20. The summed E-state index contributed by atoms with van der Waals surface area (Å²) in [4.78, 5) is 26.8. The standard InChI is InChI=1S/C18H20N2O3/c21-16(20-10-7-18(12-20)5-8-19-9-6-18)14-11-13-3-1-2-4-15(13)23-17(14)22/h1-4,11,19H,5-10,12H2. The van der Waals surface area contributed by atoms with Crippen LogP contribution in [0.15, 0.2) is 39.5 Å². The molecule has 5 nitrogen and oxygen atoms in total. The Balaban J connectivity index is 1.62. The minimum absolute atomic E-state index is 0.148. The van der Waals surface area contributed by atoms with Crippen LogP contribution in [-0.4, -0.2) is 37.0 Å². The lowest BCUT2D eigenvalue weighted by Gasteiger charge is -2.33. The number of fused-ring (bicyclic) bond motifs is 1. The quantitative estimate of drug-likeness (QED) is 0.818. The minimum Gasteiger partial charge on any atom is -0.422 e. The van der Waals surface area contributed by atoms with Gasteiger partial charge in [0.2, 0.25) is 0 Å². The Kier molecular flexibility index (Phi) is 3.45. The van der Waals surface area contributed by atoms with Crippen molar-refractivity contribution in [2.75, 3.05) is 26.2 Å². The molecule has 23 heavy (non-hydrogen) atoms. The first-order valence-corrected chi connectivity index (χ1v) is 8.20. The summed E-state index contributed by atoms with van der Waals surface area (Å²) in [6.07, 6.45) is 3.23. The monoisotopic (exact) mass is 312 g/mol. The number of carbonyl (C=O) groups excluding carboxylic acids is 1. The molecular formula is C18H20N2O3. The molecule has 1 spiro atoms. The molecule has 2 saturated heterocycles. The topological polar surface area (TPSA) is 62.6 Å². The zero-order chi connectivity index (χ0) is 15.9. The maximum atomic E-state index is 12.8. The molecule has 4 rings (SSSR count). The zero-order valence-corrected chi connectivity index (χ0v) is 13.0. The van der Waals surface area contributed by atoms with Crippen LogP contribution in [0.2, 0.25) is 0 Å². The third-order valence-electron chi connectivity index (χ3n) is 5.26. The van der Waals surface area contributed by atoms with Gasteiger partial charge in [0.15, 0.2) is 0 Å². The molecule has 0 saturated carbocycles. The van der Waals surface area contributed by atoms with E-state index in [9.17, 15) is 9.59 Å². The Morgan fingerprint density at radius 1 is 1.17 bits per heavy atom. The van der Waals surface area contributed by atoms with Crippen molar-refractivity contribution in [2.45, 2.75) is 19.3 Å². The molecule has 120 valence electrons. The third-order valence-corrected chi connectivity index (χ3v) is 5.26. The van der Waals surface area contributed by atoms with Crippen LogP contribution >= 0.6 is 0 Å². The van der Waals surface area contributed by atoms with E-state index in [1.54, 1.807) is 12.1 Å². The molecule has 1 aromatic carbocycles. The second-order valence-corrected chi connectivity index (χ2v) is 6.71. The van der Waals surface area contributed by atoms with Gasteiger partial charge in [-0.25, -0.2) is 4.79 Å².